The Morgan fingerprint density at radius 2 is 1.92 bits per heavy atom. The van der Waals surface area contributed by atoms with Crippen LogP contribution in [-0.4, -0.2) is 52.9 Å². The lowest BCUT2D eigenvalue weighted by atomic mass is 10.4. The van der Waals surface area contributed by atoms with Crippen molar-refractivity contribution >= 4 is 0 Å². The van der Waals surface area contributed by atoms with E-state index in [9.17, 15) is 10.1 Å². The molecule has 0 aliphatic carbocycles. The predicted molar refractivity (Wildman–Crippen MR) is 42.2 cm³/mol. The van der Waals surface area contributed by atoms with Gasteiger partial charge in [0.15, 0.2) is 0 Å². The number of hydrogen-bond donors (Lipinski definition) is 4. The first-order valence-electron chi connectivity index (χ1n) is 3.45. The van der Waals surface area contributed by atoms with Gasteiger partial charge in [-0.05, 0) is 0 Å². The number of nitrogens with zero attached hydrogens (tertiary/aromatic N) is 1. The van der Waals surface area contributed by atoms with Gasteiger partial charge in [-0.3, -0.25) is 0 Å². The average molecular weight is 198 g/mol. The minimum absolute atomic E-state index is 0.0208. The summed E-state index contributed by atoms with van der Waals surface area (Å²) in [5, 5.41) is 32.4. The Balaban J connectivity index is 0. The predicted octanol–water partition coefficient (Wildman–Crippen LogP) is -2.51. The summed E-state index contributed by atoms with van der Waals surface area (Å²) in [6, 6.07) is 0. The van der Waals surface area contributed by atoms with Crippen molar-refractivity contribution in [3.8, 4) is 0 Å². The molecule has 0 heterocycles. The molecule has 0 bridgehead atoms. The Morgan fingerprint density at radius 3 is 2.00 bits per heavy atom. The van der Waals surface area contributed by atoms with E-state index in [-0.39, 0.29) is 26.4 Å². The van der Waals surface area contributed by atoms with Crippen LogP contribution in [0.4, 0.5) is 0 Å². The molecule has 0 rings (SSSR count). The van der Waals surface area contributed by atoms with Gasteiger partial charge in [0.25, 0.3) is 5.09 Å². The van der Waals surface area contributed by atoms with Crippen LogP contribution in [0, 0.1) is 10.1 Å². The van der Waals surface area contributed by atoms with Crippen molar-refractivity contribution in [3.05, 3.63) is 10.1 Å². The molecule has 8 heteroatoms. The lowest BCUT2D eigenvalue weighted by Crippen LogP contribution is -2.15. The Morgan fingerprint density at radius 1 is 1.46 bits per heavy atom. The van der Waals surface area contributed by atoms with Gasteiger partial charge in [0.2, 0.25) is 0 Å². The van der Waals surface area contributed by atoms with Crippen LogP contribution in [-0.2, 0) is 4.84 Å². The first kappa shape index (κ1) is 14.6. The molecule has 0 aliphatic rings. The topological polar surface area (TPSA) is 139 Å². The van der Waals surface area contributed by atoms with Gasteiger partial charge in [-0.25, -0.2) is 0 Å². The summed E-state index contributed by atoms with van der Waals surface area (Å²) in [5.41, 5.74) is 4.85. The van der Waals surface area contributed by atoms with Gasteiger partial charge in [-0.2, -0.15) is 0 Å². The van der Waals surface area contributed by atoms with Gasteiger partial charge in [0.05, 0.1) is 13.2 Å². The van der Waals surface area contributed by atoms with Crippen LogP contribution in [0.3, 0.4) is 0 Å². The van der Waals surface area contributed by atoms with E-state index in [0.29, 0.717) is 0 Å². The summed E-state index contributed by atoms with van der Waals surface area (Å²) in [6.45, 7) is -0.568. The van der Waals surface area contributed by atoms with Gasteiger partial charge in [0, 0.05) is 6.54 Å². The SMILES string of the molecule is NCCO[N+](=O)[O-].OCC(O)CO. The second-order valence-corrected chi connectivity index (χ2v) is 1.86. The van der Waals surface area contributed by atoms with Crippen molar-refractivity contribution in [3.63, 3.8) is 0 Å². The fourth-order valence-electron chi connectivity index (χ4n) is 0.185. The lowest BCUT2D eigenvalue weighted by molar-refractivity contribution is -0.757. The highest BCUT2D eigenvalue weighted by molar-refractivity contribution is 4.43. The molecule has 0 unspecified atom stereocenters. The van der Waals surface area contributed by atoms with Crippen LogP contribution in [0.2, 0.25) is 0 Å². The molecule has 0 aromatic heterocycles. The summed E-state index contributed by atoms with van der Waals surface area (Å²) in [6.07, 6.45) is -0.954. The highest BCUT2D eigenvalue weighted by Crippen LogP contribution is 1.71. The van der Waals surface area contributed by atoms with E-state index >= 15 is 0 Å². The minimum atomic E-state index is -0.954. The molecule has 0 aromatic rings. The molecule has 0 saturated heterocycles. The maximum atomic E-state index is 9.29. The van der Waals surface area contributed by atoms with E-state index in [1.165, 1.54) is 0 Å². The van der Waals surface area contributed by atoms with Gasteiger partial charge in [-0.1, -0.05) is 0 Å². The maximum Gasteiger partial charge on any atom is 0.294 e. The number of rotatable bonds is 5. The fourth-order valence-corrected chi connectivity index (χ4v) is 0.185. The lowest BCUT2D eigenvalue weighted by Gasteiger charge is -1.96. The average Bonchev–Trinajstić information content (AvgIpc) is 2.14. The monoisotopic (exact) mass is 198 g/mol. The van der Waals surface area contributed by atoms with E-state index in [0.717, 1.165) is 0 Å². The van der Waals surface area contributed by atoms with Gasteiger partial charge >= 0.3 is 0 Å². The second-order valence-electron chi connectivity index (χ2n) is 1.86. The maximum absolute atomic E-state index is 9.29. The van der Waals surface area contributed by atoms with Crippen molar-refractivity contribution < 1.29 is 25.2 Å². The molecular weight excluding hydrogens is 184 g/mol. The van der Waals surface area contributed by atoms with Crippen molar-refractivity contribution in [1.29, 1.82) is 0 Å². The summed E-state index contributed by atoms with van der Waals surface area (Å²) in [4.78, 5) is 13.1. The molecule has 0 radical (unpaired) electrons. The molecule has 0 saturated carbocycles. The Bertz CT molecular complexity index is 118. The zero-order chi connectivity index (χ0) is 10.7. The molecule has 0 spiro atoms. The normalized spacial score (nSPS) is 9.00. The Kier molecular flexibility index (Phi) is 12.4. The summed E-state index contributed by atoms with van der Waals surface area (Å²) in [7, 11) is 0. The van der Waals surface area contributed by atoms with E-state index in [2.05, 4.69) is 4.84 Å². The van der Waals surface area contributed by atoms with E-state index in [1.54, 1.807) is 0 Å². The number of hydrogen-bond acceptors (Lipinski definition) is 7. The minimum Gasteiger partial charge on any atom is -0.394 e. The zero-order valence-electron chi connectivity index (χ0n) is 7.00. The highest BCUT2D eigenvalue weighted by atomic mass is 16.9. The third-order valence-electron chi connectivity index (χ3n) is 0.736. The molecule has 80 valence electrons. The second kappa shape index (κ2) is 11.0. The van der Waals surface area contributed by atoms with Gasteiger partial charge in [-0.15, -0.1) is 10.1 Å². The van der Waals surface area contributed by atoms with Gasteiger partial charge in [0.1, 0.15) is 12.7 Å². The molecule has 0 aromatic carbocycles. The number of aliphatic hydroxyl groups is 3. The van der Waals surface area contributed by atoms with Crippen molar-refractivity contribution in [2.24, 2.45) is 5.73 Å². The van der Waals surface area contributed by atoms with Crippen molar-refractivity contribution in [2.45, 2.75) is 6.10 Å². The largest absolute Gasteiger partial charge is 0.394 e. The van der Waals surface area contributed by atoms with Crippen LogP contribution in [0.5, 0.6) is 0 Å². The standard InChI is InChI=1S/C3H8O3.C2H6N2O3/c4-1-3(6)2-5;3-1-2-7-4(5)6/h3-6H,1-2H2;1-3H2. The first-order chi connectivity index (χ1) is 6.08. The molecule has 8 nitrogen and oxygen atoms in total. The van der Waals surface area contributed by atoms with Crippen LogP contribution in [0.1, 0.15) is 0 Å². The zero-order valence-corrected chi connectivity index (χ0v) is 7.00. The van der Waals surface area contributed by atoms with Crippen LogP contribution in [0.25, 0.3) is 0 Å². The van der Waals surface area contributed by atoms with E-state index in [4.69, 9.17) is 21.1 Å². The smallest absolute Gasteiger partial charge is 0.294 e. The summed E-state index contributed by atoms with van der Waals surface area (Å²) in [5.74, 6) is 0. The van der Waals surface area contributed by atoms with Crippen LogP contribution >= 0.6 is 0 Å². The van der Waals surface area contributed by atoms with E-state index < -0.39 is 11.2 Å². The molecular formula is C5H14N2O6. The highest BCUT2D eigenvalue weighted by Gasteiger charge is 1.93. The quantitative estimate of drug-likeness (QED) is 0.282. The first-order valence-corrected chi connectivity index (χ1v) is 3.45. The van der Waals surface area contributed by atoms with E-state index in [1.807, 2.05) is 0 Å². The van der Waals surface area contributed by atoms with Gasteiger partial charge < -0.3 is 25.9 Å². The third kappa shape index (κ3) is 18.2. The Hall–Kier alpha value is -0.960. The summed E-state index contributed by atoms with van der Waals surface area (Å²) < 4.78 is 0. The molecule has 13 heavy (non-hydrogen) atoms. The number of aliphatic hydroxyl groups excluding tert-OH is 3. The molecule has 0 aliphatic heterocycles. The van der Waals surface area contributed by atoms with Crippen molar-refractivity contribution in [1.82, 2.24) is 0 Å². The fraction of sp³-hybridized carbons (Fsp3) is 1.00. The van der Waals surface area contributed by atoms with Crippen LogP contribution in [0.15, 0.2) is 0 Å². The van der Waals surface area contributed by atoms with Crippen LogP contribution < -0.4 is 5.73 Å². The van der Waals surface area contributed by atoms with Crippen molar-refractivity contribution in [2.75, 3.05) is 26.4 Å². The number of nitrogens with two attached hydrogens (primary N) is 1. The third-order valence-corrected chi connectivity index (χ3v) is 0.736. The molecule has 0 amide bonds. The molecule has 0 atom stereocenters. The molecule has 0 fully saturated rings. The Labute approximate surface area is 74.6 Å². The molecule has 5 N–H and O–H groups in total. The summed E-state index contributed by atoms with van der Waals surface area (Å²) >= 11 is 0.